The second-order valence-electron chi connectivity index (χ2n) is 8.20. The van der Waals surface area contributed by atoms with E-state index in [0.29, 0.717) is 41.5 Å². The molecule has 1 aliphatic heterocycles. The number of aromatic nitrogens is 4. The molecule has 1 unspecified atom stereocenters. The molecule has 11 heteroatoms. The number of ether oxygens (including phenoxy) is 1. The molecule has 5 rings (SSSR count). The number of imidazole rings is 1. The molecule has 1 aliphatic rings. The zero-order chi connectivity index (χ0) is 23.5. The number of rotatable bonds is 8. The van der Waals surface area contributed by atoms with E-state index >= 15 is 0 Å². The van der Waals surface area contributed by atoms with Crippen molar-refractivity contribution < 1.29 is 17.7 Å². The first-order valence-corrected chi connectivity index (χ1v) is 12.6. The van der Waals surface area contributed by atoms with Crippen molar-refractivity contribution in [1.29, 1.82) is 0 Å². The van der Waals surface area contributed by atoms with Crippen LogP contribution in [-0.2, 0) is 23.2 Å². The molecule has 0 amide bonds. The summed E-state index contributed by atoms with van der Waals surface area (Å²) < 4.78 is 39.5. The summed E-state index contributed by atoms with van der Waals surface area (Å²) in [5, 5.41) is 7.10. The van der Waals surface area contributed by atoms with E-state index in [1.54, 1.807) is 12.1 Å². The minimum atomic E-state index is -3.87. The summed E-state index contributed by atoms with van der Waals surface area (Å²) >= 11 is 0. The molecule has 0 saturated carbocycles. The van der Waals surface area contributed by atoms with Gasteiger partial charge in [-0.05, 0) is 49.7 Å². The van der Waals surface area contributed by atoms with Crippen LogP contribution in [0.1, 0.15) is 42.6 Å². The number of nitrogens with zero attached hydrogens (tertiary/aromatic N) is 4. The van der Waals surface area contributed by atoms with Gasteiger partial charge in [0, 0.05) is 13.1 Å². The second kappa shape index (κ2) is 9.53. The lowest BCUT2D eigenvalue weighted by atomic mass is 10.0. The number of hydrogen-bond acceptors (Lipinski definition) is 8. The lowest BCUT2D eigenvalue weighted by Crippen LogP contribution is -2.39. The Morgan fingerprint density at radius 1 is 1.15 bits per heavy atom. The van der Waals surface area contributed by atoms with Gasteiger partial charge in [0.05, 0.1) is 17.1 Å². The first-order chi connectivity index (χ1) is 16.5. The van der Waals surface area contributed by atoms with Crippen molar-refractivity contribution in [3.63, 3.8) is 0 Å². The maximum absolute atomic E-state index is 13.4. The Hall–Kier alpha value is -3.28. The maximum atomic E-state index is 13.4. The molecule has 0 aliphatic carbocycles. The Morgan fingerprint density at radius 3 is 2.76 bits per heavy atom. The molecule has 0 spiro atoms. The van der Waals surface area contributed by atoms with E-state index in [4.69, 9.17) is 9.26 Å². The van der Waals surface area contributed by atoms with Crippen LogP contribution in [0.25, 0.3) is 11.0 Å². The fraction of sp³-hybridized carbons (Fsp3) is 0.348. The Kier molecular flexibility index (Phi) is 6.31. The van der Waals surface area contributed by atoms with E-state index in [1.165, 1.54) is 4.31 Å². The summed E-state index contributed by atoms with van der Waals surface area (Å²) in [7, 11) is -1.97. The highest BCUT2D eigenvalue weighted by Gasteiger charge is 2.38. The van der Waals surface area contributed by atoms with Crippen molar-refractivity contribution in [2.24, 2.45) is 0 Å². The van der Waals surface area contributed by atoms with E-state index in [2.05, 4.69) is 25.4 Å². The van der Waals surface area contributed by atoms with Gasteiger partial charge < -0.3 is 19.6 Å². The monoisotopic (exact) mass is 482 g/mol. The highest BCUT2D eigenvalue weighted by molar-refractivity contribution is 7.89. The van der Waals surface area contributed by atoms with Gasteiger partial charge in [-0.1, -0.05) is 35.8 Å². The summed E-state index contributed by atoms with van der Waals surface area (Å²) in [5.74, 6) is 1.31. The summed E-state index contributed by atoms with van der Waals surface area (Å²) in [6.07, 6.45) is 2.23. The number of benzene rings is 2. The minimum absolute atomic E-state index is 0.0747. The van der Waals surface area contributed by atoms with Crippen LogP contribution in [0.15, 0.2) is 58.2 Å². The number of hydrogen-bond donors (Lipinski definition) is 2. The molecule has 178 valence electrons. The van der Waals surface area contributed by atoms with E-state index in [-0.39, 0.29) is 11.8 Å². The van der Waals surface area contributed by atoms with E-state index in [1.807, 2.05) is 43.4 Å². The van der Waals surface area contributed by atoms with Gasteiger partial charge in [-0.15, -0.1) is 0 Å². The molecule has 0 radical (unpaired) electrons. The topological polar surface area (TPSA) is 126 Å². The molecule has 2 N–H and O–H groups in total. The Bertz CT molecular complexity index is 1330. The highest BCUT2D eigenvalue weighted by atomic mass is 32.2. The Balaban J connectivity index is 1.32. The molecule has 2 aromatic heterocycles. The van der Waals surface area contributed by atoms with Gasteiger partial charge >= 0.3 is 0 Å². The third-order valence-corrected chi connectivity index (χ3v) is 7.56. The summed E-state index contributed by atoms with van der Waals surface area (Å²) in [6.45, 7) is 1.24. The molecule has 1 fully saturated rings. The minimum Gasteiger partial charge on any atom is -0.484 e. The van der Waals surface area contributed by atoms with Gasteiger partial charge in [-0.2, -0.15) is 9.29 Å². The largest absolute Gasteiger partial charge is 0.484 e. The van der Waals surface area contributed by atoms with Gasteiger partial charge in [0.2, 0.25) is 5.16 Å². The SMILES string of the molecule is CNCc1ccc(OCc2nc(C3CCCCN3S(=O)(=O)c3nc4ccccc4[nH]3)no2)cc1. The van der Waals surface area contributed by atoms with Crippen LogP contribution >= 0.6 is 0 Å². The lowest BCUT2D eigenvalue weighted by Gasteiger charge is -2.31. The normalized spacial score (nSPS) is 17.3. The number of aromatic amines is 1. The number of H-pyrrole nitrogens is 1. The van der Waals surface area contributed by atoms with Crippen LogP contribution in [0.4, 0.5) is 0 Å². The van der Waals surface area contributed by atoms with Gasteiger partial charge in [-0.3, -0.25) is 0 Å². The fourth-order valence-corrected chi connectivity index (χ4v) is 5.71. The van der Waals surface area contributed by atoms with E-state index in [0.717, 1.165) is 24.9 Å². The molecule has 2 aromatic carbocycles. The number of sulfonamides is 1. The molecule has 4 aromatic rings. The molecular formula is C23H26N6O4S. The fourth-order valence-electron chi connectivity index (χ4n) is 4.13. The van der Waals surface area contributed by atoms with Crippen LogP contribution in [-0.4, -0.2) is 46.4 Å². The molecule has 1 atom stereocenters. The van der Waals surface area contributed by atoms with Crippen molar-refractivity contribution in [2.45, 2.75) is 43.6 Å². The van der Waals surface area contributed by atoms with Crippen LogP contribution < -0.4 is 10.1 Å². The van der Waals surface area contributed by atoms with Crippen molar-refractivity contribution in [3.05, 3.63) is 65.8 Å². The summed E-state index contributed by atoms with van der Waals surface area (Å²) in [4.78, 5) is 11.7. The molecular weight excluding hydrogens is 456 g/mol. The van der Waals surface area contributed by atoms with Crippen molar-refractivity contribution in [3.8, 4) is 5.75 Å². The van der Waals surface area contributed by atoms with Gasteiger partial charge in [0.15, 0.2) is 12.4 Å². The quantitative estimate of drug-likeness (QED) is 0.392. The van der Waals surface area contributed by atoms with Crippen LogP contribution in [0.5, 0.6) is 5.75 Å². The van der Waals surface area contributed by atoms with Crippen molar-refractivity contribution >= 4 is 21.1 Å². The van der Waals surface area contributed by atoms with E-state index < -0.39 is 16.1 Å². The predicted molar refractivity (Wildman–Crippen MR) is 124 cm³/mol. The zero-order valence-corrected chi connectivity index (χ0v) is 19.6. The van der Waals surface area contributed by atoms with Gasteiger partial charge in [0.25, 0.3) is 15.9 Å². The molecule has 10 nitrogen and oxygen atoms in total. The van der Waals surface area contributed by atoms with Crippen LogP contribution in [0.3, 0.4) is 0 Å². The van der Waals surface area contributed by atoms with Crippen molar-refractivity contribution in [1.82, 2.24) is 29.7 Å². The molecule has 1 saturated heterocycles. The van der Waals surface area contributed by atoms with Crippen LogP contribution in [0, 0.1) is 0 Å². The number of piperidine rings is 1. The first-order valence-electron chi connectivity index (χ1n) is 11.2. The summed E-state index contributed by atoms with van der Waals surface area (Å²) in [5.41, 5.74) is 2.43. The number of nitrogens with one attached hydrogen (secondary N) is 2. The third-order valence-electron chi connectivity index (χ3n) is 5.82. The highest BCUT2D eigenvalue weighted by Crippen LogP contribution is 2.34. The van der Waals surface area contributed by atoms with E-state index in [9.17, 15) is 8.42 Å². The van der Waals surface area contributed by atoms with Gasteiger partial charge in [0.1, 0.15) is 5.75 Å². The van der Waals surface area contributed by atoms with Crippen molar-refractivity contribution in [2.75, 3.05) is 13.6 Å². The maximum Gasteiger partial charge on any atom is 0.277 e. The second-order valence-corrected chi connectivity index (χ2v) is 10.0. The molecule has 3 heterocycles. The third kappa shape index (κ3) is 4.54. The predicted octanol–water partition coefficient (Wildman–Crippen LogP) is 3.16. The molecule has 34 heavy (non-hydrogen) atoms. The zero-order valence-electron chi connectivity index (χ0n) is 18.8. The smallest absolute Gasteiger partial charge is 0.277 e. The molecule has 0 bridgehead atoms. The average Bonchev–Trinajstić information content (AvgIpc) is 3.52. The Labute approximate surface area is 197 Å². The summed E-state index contributed by atoms with van der Waals surface area (Å²) in [6, 6.07) is 14.4. The Morgan fingerprint density at radius 2 is 1.97 bits per heavy atom. The van der Waals surface area contributed by atoms with Crippen LogP contribution in [0.2, 0.25) is 0 Å². The standard InChI is InChI=1S/C23H26N6O4S/c1-24-14-16-9-11-17(12-10-16)32-15-21-27-22(28-33-21)20-8-4-5-13-29(20)34(30,31)23-25-18-6-2-3-7-19(18)26-23/h2-3,6-7,9-12,20,24H,4-5,8,13-15H2,1H3,(H,25,26). The first kappa shape index (κ1) is 22.5. The number of fused-ring (bicyclic) bond motifs is 1. The number of para-hydroxylation sites is 2. The average molecular weight is 483 g/mol. The lowest BCUT2D eigenvalue weighted by molar-refractivity contribution is 0.231. The van der Waals surface area contributed by atoms with Gasteiger partial charge in [-0.25, -0.2) is 13.4 Å².